The first kappa shape index (κ1) is 31.6. The van der Waals surface area contributed by atoms with Crippen LogP contribution in [0.3, 0.4) is 0 Å². The number of fused-ring (bicyclic) bond motifs is 9. The molecule has 1 aliphatic rings. The highest BCUT2D eigenvalue weighted by Crippen LogP contribution is 2.53. The van der Waals surface area contributed by atoms with Crippen molar-refractivity contribution >= 4 is 60.7 Å². The van der Waals surface area contributed by atoms with E-state index < -0.39 is 0 Å². The molecule has 0 bridgehead atoms. The molecule has 262 valence electrons. The van der Waals surface area contributed by atoms with Crippen LogP contribution in [0.25, 0.3) is 66.1 Å². The van der Waals surface area contributed by atoms with Gasteiger partial charge in [0.25, 0.3) is 0 Å². The summed E-state index contributed by atoms with van der Waals surface area (Å²) in [4.78, 5) is 2.47. The van der Waals surface area contributed by atoms with Crippen molar-refractivity contribution in [1.29, 1.82) is 0 Å². The van der Waals surface area contributed by atoms with Crippen LogP contribution in [0.4, 0.5) is 21.5 Å². The first-order valence-electron chi connectivity index (χ1n) is 18.9. The third kappa shape index (κ3) is 4.55. The number of nitrogens with zero attached hydrogens (tertiary/aromatic N) is 3. The second-order valence-electron chi connectivity index (χ2n) is 15.1. The SMILES string of the molecule is CC1(C)c2ccccc2-c2ccc(N(c3cccc4c3c3ccccc3n4-c3ccccc3)c3cccc4c3c3ccccc3n4-c3cccc(F)c3)cc21. The molecule has 0 fully saturated rings. The van der Waals surface area contributed by atoms with E-state index in [-0.39, 0.29) is 11.2 Å². The van der Waals surface area contributed by atoms with Gasteiger partial charge in [-0.25, -0.2) is 4.39 Å². The van der Waals surface area contributed by atoms with Crippen LogP contribution in [0.1, 0.15) is 25.0 Å². The molecular formula is C51H36FN3. The van der Waals surface area contributed by atoms with Gasteiger partial charge in [0.15, 0.2) is 0 Å². The van der Waals surface area contributed by atoms with Crippen molar-refractivity contribution in [2.75, 3.05) is 4.90 Å². The van der Waals surface area contributed by atoms with Gasteiger partial charge in [0.1, 0.15) is 5.82 Å². The number of halogens is 1. The summed E-state index contributed by atoms with van der Waals surface area (Å²) in [5, 5.41) is 4.57. The Hall–Kier alpha value is -6.91. The van der Waals surface area contributed by atoms with E-state index in [1.54, 1.807) is 12.1 Å². The summed E-state index contributed by atoms with van der Waals surface area (Å²) in [7, 11) is 0. The van der Waals surface area contributed by atoms with Crippen molar-refractivity contribution in [3.63, 3.8) is 0 Å². The van der Waals surface area contributed by atoms with Crippen LogP contribution in [0.15, 0.2) is 182 Å². The quantitative estimate of drug-likeness (QED) is 0.173. The lowest BCUT2D eigenvalue weighted by molar-refractivity contribution is 0.627. The molecule has 0 amide bonds. The first-order valence-corrected chi connectivity index (χ1v) is 18.9. The smallest absolute Gasteiger partial charge is 0.125 e. The fourth-order valence-corrected chi connectivity index (χ4v) is 9.36. The number of rotatable bonds is 5. The Morgan fingerprint density at radius 3 is 1.64 bits per heavy atom. The van der Waals surface area contributed by atoms with Crippen molar-refractivity contribution in [3.05, 3.63) is 199 Å². The van der Waals surface area contributed by atoms with E-state index >= 15 is 0 Å². The largest absolute Gasteiger partial charge is 0.309 e. The molecule has 0 N–H and O–H groups in total. The zero-order chi connectivity index (χ0) is 36.8. The van der Waals surface area contributed by atoms with E-state index in [0.717, 1.165) is 61.3 Å². The van der Waals surface area contributed by atoms with E-state index in [1.807, 2.05) is 6.07 Å². The van der Waals surface area contributed by atoms with Crippen LogP contribution in [-0.2, 0) is 5.41 Å². The van der Waals surface area contributed by atoms with Crippen molar-refractivity contribution < 1.29 is 4.39 Å². The summed E-state index contributed by atoms with van der Waals surface area (Å²) in [6, 6.07) is 63.8. The predicted molar refractivity (Wildman–Crippen MR) is 227 cm³/mol. The van der Waals surface area contributed by atoms with Crippen molar-refractivity contribution in [1.82, 2.24) is 9.13 Å². The third-order valence-electron chi connectivity index (χ3n) is 11.7. The second kappa shape index (κ2) is 11.8. The maximum absolute atomic E-state index is 14.9. The maximum Gasteiger partial charge on any atom is 0.125 e. The van der Waals surface area contributed by atoms with E-state index in [4.69, 9.17) is 0 Å². The summed E-state index contributed by atoms with van der Waals surface area (Å²) in [5.74, 6) is -0.260. The van der Waals surface area contributed by atoms with Crippen molar-refractivity contribution in [2.45, 2.75) is 19.3 Å². The lowest BCUT2D eigenvalue weighted by atomic mass is 9.82. The molecule has 0 radical (unpaired) electrons. The van der Waals surface area contributed by atoms with Crippen LogP contribution in [0, 0.1) is 5.82 Å². The highest BCUT2D eigenvalue weighted by atomic mass is 19.1. The van der Waals surface area contributed by atoms with Crippen molar-refractivity contribution in [2.24, 2.45) is 0 Å². The van der Waals surface area contributed by atoms with Gasteiger partial charge in [-0.1, -0.05) is 117 Å². The van der Waals surface area contributed by atoms with Crippen LogP contribution in [-0.4, -0.2) is 9.13 Å². The van der Waals surface area contributed by atoms with Gasteiger partial charge in [0.05, 0.1) is 33.4 Å². The normalized spacial score (nSPS) is 13.1. The zero-order valence-corrected chi connectivity index (χ0v) is 30.5. The van der Waals surface area contributed by atoms with E-state index in [1.165, 1.54) is 39.1 Å². The molecule has 1 aliphatic carbocycles. The number of benzene rings is 8. The molecule has 0 saturated heterocycles. The maximum atomic E-state index is 14.9. The Morgan fingerprint density at radius 2 is 0.964 bits per heavy atom. The lowest BCUT2D eigenvalue weighted by Gasteiger charge is -2.29. The topological polar surface area (TPSA) is 13.1 Å². The highest BCUT2D eigenvalue weighted by Gasteiger charge is 2.36. The van der Waals surface area contributed by atoms with Crippen LogP contribution in [0.5, 0.6) is 0 Å². The van der Waals surface area contributed by atoms with Gasteiger partial charge >= 0.3 is 0 Å². The van der Waals surface area contributed by atoms with E-state index in [2.05, 4.69) is 186 Å². The molecule has 0 atom stereocenters. The van der Waals surface area contributed by atoms with Crippen LogP contribution in [0.2, 0.25) is 0 Å². The molecule has 10 aromatic rings. The Balaban J connectivity index is 1.27. The summed E-state index contributed by atoms with van der Waals surface area (Å²) in [6.07, 6.45) is 0. The molecule has 3 nitrogen and oxygen atoms in total. The van der Waals surface area contributed by atoms with Crippen LogP contribution < -0.4 is 4.90 Å². The lowest BCUT2D eigenvalue weighted by Crippen LogP contribution is -2.16. The molecule has 0 unspecified atom stereocenters. The molecule has 8 aromatic carbocycles. The Bertz CT molecular complexity index is 3150. The average molecular weight is 710 g/mol. The summed E-state index contributed by atoms with van der Waals surface area (Å²) < 4.78 is 19.4. The number of para-hydroxylation sites is 3. The summed E-state index contributed by atoms with van der Waals surface area (Å²) in [6.45, 7) is 4.68. The van der Waals surface area contributed by atoms with Crippen LogP contribution >= 0.6 is 0 Å². The zero-order valence-electron chi connectivity index (χ0n) is 30.5. The molecule has 2 heterocycles. The van der Waals surface area contributed by atoms with E-state index in [9.17, 15) is 4.39 Å². The molecule has 0 spiro atoms. The summed E-state index contributed by atoms with van der Waals surface area (Å²) in [5.41, 5.74) is 14.5. The van der Waals surface area contributed by atoms with Gasteiger partial charge in [-0.3, -0.25) is 0 Å². The standard InChI is InChI=1S/C51H36FN3/c1-51(2)41-22-9-6-19-37(41)38-30-29-36(32-42(38)51)55(47-27-13-25-45-49(47)39-20-7-10-23-43(39)53(45)34-16-4-3-5-17-34)48-28-14-26-46-50(48)40-21-8-11-24-44(40)54(46)35-18-12-15-33(52)31-35/h3-32H,1-2H3. The minimum Gasteiger partial charge on any atom is -0.309 e. The predicted octanol–water partition coefficient (Wildman–Crippen LogP) is 13.8. The number of anilines is 3. The fraction of sp³-hybridized carbons (Fsp3) is 0.0588. The van der Waals surface area contributed by atoms with Gasteiger partial charge in [-0.2, -0.15) is 0 Å². The van der Waals surface area contributed by atoms with Gasteiger partial charge in [0.2, 0.25) is 0 Å². The second-order valence-corrected chi connectivity index (χ2v) is 15.1. The van der Waals surface area contributed by atoms with Crippen molar-refractivity contribution in [3.8, 4) is 22.5 Å². The van der Waals surface area contributed by atoms with Gasteiger partial charge in [0, 0.05) is 44.0 Å². The highest BCUT2D eigenvalue weighted by molar-refractivity contribution is 6.20. The molecule has 4 heteroatoms. The fourth-order valence-electron chi connectivity index (χ4n) is 9.36. The molecule has 2 aromatic heterocycles. The summed E-state index contributed by atoms with van der Waals surface area (Å²) >= 11 is 0. The Labute approximate surface area is 318 Å². The molecular weight excluding hydrogens is 674 g/mol. The molecule has 11 rings (SSSR count). The van der Waals surface area contributed by atoms with Gasteiger partial charge < -0.3 is 14.0 Å². The minimum absolute atomic E-state index is 0.178. The Morgan fingerprint density at radius 1 is 0.436 bits per heavy atom. The molecule has 0 aliphatic heterocycles. The van der Waals surface area contributed by atoms with E-state index in [0.29, 0.717) is 0 Å². The monoisotopic (exact) mass is 709 g/mol. The minimum atomic E-state index is -0.260. The number of hydrogen-bond acceptors (Lipinski definition) is 1. The first-order chi connectivity index (χ1) is 27.0. The van der Waals surface area contributed by atoms with Gasteiger partial charge in [-0.15, -0.1) is 0 Å². The Kier molecular flexibility index (Phi) is 6.78. The third-order valence-corrected chi connectivity index (χ3v) is 11.7. The molecule has 0 saturated carbocycles. The molecule has 55 heavy (non-hydrogen) atoms. The average Bonchev–Trinajstić information content (AvgIpc) is 3.82. The number of aromatic nitrogens is 2. The van der Waals surface area contributed by atoms with Gasteiger partial charge in [-0.05, 0) is 101 Å². The number of hydrogen-bond donors (Lipinski definition) is 0.